The van der Waals surface area contributed by atoms with Crippen molar-refractivity contribution in [2.75, 3.05) is 41.3 Å². The fourth-order valence-electron chi connectivity index (χ4n) is 3.78. The maximum atomic E-state index is 4.81. The maximum absolute atomic E-state index is 4.81. The van der Waals surface area contributed by atoms with Crippen LogP contribution in [0.3, 0.4) is 0 Å². The molecule has 0 atom stereocenters. The molecule has 1 aliphatic rings. The molecule has 29 heavy (non-hydrogen) atoms. The Balaban J connectivity index is 1.48. The van der Waals surface area contributed by atoms with E-state index in [0.717, 1.165) is 56.6 Å². The third-order valence-electron chi connectivity index (χ3n) is 5.43. The number of nitrogens with zero attached hydrogens (tertiary/aromatic N) is 5. The van der Waals surface area contributed by atoms with Crippen LogP contribution >= 0.6 is 0 Å². The summed E-state index contributed by atoms with van der Waals surface area (Å²) in [4.78, 5) is 18.4. The summed E-state index contributed by atoms with van der Waals surface area (Å²) in [6, 6.07) is 14.5. The quantitative estimate of drug-likeness (QED) is 0.687. The third-order valence-corrected chi connectivity index (χ3v) is 5.43. The van der Waals surface area contributed by atoms with Gasteiger partial charge in [-0.1, -0.05) is 38.1 Å². The molecule has 1 aliphatic heterocycles. The summed E-state index contributed by atoms with van der Waals surface area (Å²) in [5.74, 6) is 2.66. The molecule has 0 amide bonds. The Hall–Kier alpha value is -3.15. The van der Waals surface area contributed by atoms with Crippen molar-refractivity contribution < 1.29 is 0 Å². The highest BCUT2D eigenvalue weighted by molar-refractivity contribution is 5.65. The summed E-state index contributed by atoms with van der Waals surface area (Å²) in [5.41, 5.74) is 3.81. The normalized spacial score (nSPS) is 14.1. The van der Waals surface area contributed by atoms with Crippen LogP contribution in [-0.4, -0.2) is 41.1 Å². The molecule has 150 valence electrons. The summed E-state index contributed by atoms with van der Waals surface area (Å²) in [6.45, 7) is 7.96. The molecule has 1 saturated heterocycles. The molecule has 6 heteroatoms. The van der Waals surface area contributed by atoms with Crippen LogP contribution in [0.1, 0.15) is 25.0 Å². The molecule has 3 aromatic rings. The number of nitrogens with one attached hydrogen (secondary N) is 1. The number of anilines is 4. The molecular formula is C23H28N6. The van der Waals surface area contributed by atoms with E-state index < -0.39 is 0 Å². The van der Waals surface area contributed by atoms with Gasteiger partial charge >= 0.3 is 0 Å². The van der Waals surface area contributed by atoms with Gasteiger partial charge in [0, 0.05) is 44.3 Å². The second-order valence-corrected chi connectivity index (χ2v) is 7.19. The van der Waals surface area contributed by atoms with Crippen LogP contribution in [0.2, 0.25) is 0 Å². The number of piperazine rings is 1. The van der Waals surface area contributed by atoms with Crippen LogP contribution < -0.4 is 15.1 Å². The van der Waals surface area contributed by atoms with Crippen molar-refractivity contribution in [3.63, 3.8) is 0 Å². The number of hydrogen-bond donors (Lipinski definition) is 1. The highest BCUT2D eigenvalue weighted by atomic mass is 15.3. The minimum Gasteiger partial charge on any atom is -0.353 e. The zero-order chi connectivity index (χ0) is 20.1. The second-order valence-electron chi connectivity index (χ2n) is 7.19. The van der Waals surface area contributed by atoms with E-state index in [1.807, 2.05) is 30.6 Å². The maximum Gasteiger partial charge on any atom is 0.227 e. The van der Waals surface area contributed by atoms with Gasteiger partial charge in [0.2, 0.25) is 5.95 Å². The Morgan fingerprint density at radius 1 is 0.793 bits per heavy atom. The first-order valence-corrected chi connectivity index (χ1v) is 10.4. The van der Waals surface area contributed by atoms with Crippen LogP contribution in [0.15, 0.2) is 54.9 Å². The largest absolute Gasteiger partial charge is 0.353 e. The third kappa shape index (κ3) is 4.31. The Morgan fingerprint density at radius 3 is 2.17 bits per heavy atom. The van der Waals surface area contributed by atoms with Gasteiger partial charge in [-0.3, -0.25) is 0 Å². The Labute approximate surface area is 172 Å². The summed E-state index contributed by atoms with van der Waals surface area (Å²) in [5, 5.41) is 3.56. The highest BCUT2D eigenvalue weighted by Crippen LogP contribution is 2.26. The topological polar surface area (TPSA) is 57.2 Å². The van der Waals surface area contributed by atoms with E-state index in [0.29, 0.717) is 0 Å². The van der Waals surface area contributed by atoms with Crippen molar-refractivity contribution in [3.05, 3.63) is 66.0 Å². The lowest BCUT2D eigenvalue weighted by atomic mass is 10.0. The highest BCUT2D eigenvalue weighted by Gasteiger charge is 2.20. The molecule has 0 saturated carbocycles. The van der Waals surface area contributed by atoms with Gasteiger partial charge in [-0.25, -0.2) is 9.97 Å². The number of hydrogen-bond acceptors (Lipinski definition) is 6. The van der Waals surface area contributed by atoms with Gasteiger partial charge in [-0.05, 0) is 42.2 Å². The molecule has 0 spiro atoms. The first-order valence-electron chi connectivity index (χ1n) is 10.4. The van der Waals surface area contributed by atoms with E-state index in [2.05, 4.69) is 63.2 Å². The van der Waals surface area contributed by atoms with Crippen molar-refractivity contribution in [1.82, 2.24) is 15.0 Å². The molecule has 0 unspecified atom stereocenters. The molecule has 1 N–H and O–H groups in total. The zero-order valence-corrected chi connectivity index (χ0v) is 17.2. The number of benzene rings is 1. The Bertz CT molecular complexity index is 913. The molecule has 0 bridgehead atoms. The Kier molecular flexibility index (Phi) is 5.89. The van der Waals surface area contributed by atoms with Crippen molar-refractivity contribution >= 4 is 23.3 Å². The van der Waals surface area contributed by atoms with E-state index >= 15 is 0 Å². The summed E-state index contributed by atoms with van der Waals surface area (Å²) >= 11 is 0. The predicted octanol–water partition coefficient (Wildman–Crippen LogP) is 4.07. The zero-order valence-electron chi connectivity index (χ0n) is 17.2. The monoisotopic (exact) mass is 388 g/mol. The minimum absolute atomic E-state index is 0.780. The summed E-state index contributed by atoms with van der Waals surface area (Å²) in [6.07, 6.45) is 5.67. The van der Waals surface area contributed by atoms with Crippen molar-refractivity contribution in [2.24, 2.45) is 0 Å². The van der Waals surface area contributed by atoms with Gasteiger partial charge in [-0.15, -0.1) is 0 Å². The lowest BCUT2D eigenvalue weighted by molar-refractivity contribution is 0.635. The average Bonchev–Trinajstić information content (AvgIpc) is 2.80. The number of aromatic nitrogens is 3. The SMILES string of the molecule is CCc1cccc(CC)c1Nc1ccnc(N2CCN(c3ccccn3)CC2)n1. The molecular weight excluding hydrogens is 360 g/mol. The molecule has 1 aromatic carbocycles. The van der Waals surface area contributed by atoms with Crippen LogP contribution in [-0.2, 0) is 12.8 Å². The molecule has 2 aromatic heterocycles. The van der Waals surface area contributed by atoms with E-state index in [1.165, 1.54) is 16.8 Å². The van der Waals surface area contributed by atoms with Crippen molar-refractivity contribution in [2.45, 2.75) is 26.7 Å². The van der Waals surface area contributed by atoms with Gasteiger partial charge in [0.1, 0.15) is 11.6 Å². The van der Waals surface area contributed by atoms with E-state index in [4.69, 9.17) is 4.98 Å². The van der Waals surface area contributed by atoms with Gasteiger partial charge in [0.05, 0.1) is 0 Å². The molecule has 0 radical (unpaired) electrons. The minimum atomic E-state index is 0.780. The number of para-hydroxylation sites is 1. The summed E-state index contributed by atoms with van der Waals surface area (Å²) in [7, 11) is 0. The number of rotatable bonds is 6. The van der Waals surface area contributed by atoms with E-state index in [-0.39, 0.29) is 0 Å². The smallest absolute Gasteiger partial charge is 0.227 e. The molecule has 0 aliphatic carbocycles. The van der Waals surface area contributed by atoms with Crippen LogP contribution in [0.25, 0.3) is 0 Å². The molecule has 3 heterocycles. The fraction of sp³-hybridized carbons (Fsp3) is 0.348. The first kappa shape index (κ1) is 19.2. The number of aryl methyl sites for hydroxylation is 2. The lowest BCUT2D eigenvalue weighted by Gasteiger charge is -2.35. The standard InChI is InChI=1S/C23H28N6/c1-3-18-8-7-9-19(4-2)22(18)26-20-11-13-25-23(27-20)29-16-14-28(15-17-29)21-10-5-6-12-24-21/h5-13H,3-4,14-17H2,1-2H3,(H,25,26,27). The Morgan fingerprint density at radius 2 is 1.52 bits per heavy atom. The number of pyridine rings is 1. The second kappa shape index (κ2) is 8.90. The van der Waals surface area contributed by atoms with Crippen molar-refractivity contribution in [3.8, 4) is 0 Å². The van der Waals surface area contributed by atoms with Crippen LogP contribution in [0, 0.1) is 0 Å². The average molecular weight is 389 g/mol. The van der Waals surface area contributed by atoms with Crippen LogP contribution in [0.4, 0.5) is 23.3 Å². The van der Waals surface area contributed by atoms with Gasteiger partial charge in [0.15, 0.2) is 0 Å². The van der Waals surface area contributed by atoms with E-state index in [9.17, 15) is 0 Å². The van der Waals surface area contributed by atoms with E-state index in [1.54, 1.807) is 0 Å². The predicted molar refractivity (Wildman–Crippen MR) is 119 cm³/mol. The first-order chi connectivity index (χ1) is 14.3. The molecule has 4 rings (SSSR count). The molecule has 6 nitrogen and oxygen atoms in total. The van der Waals surface area contributed by atoms with Gasteiger partial charge < -0.3 is 15.1 Å². The van der Waals surface area contributed by atoms with Gasteiger partial charge in [0.25, 0.3) is 0 Å². The van der Waals surface area contributed by atoms with Crippen LogP contribution in [0.5, 0.6) is 0 Å². The fourth-order valence-corrected chi connectivity index (χ4v) is 3.78. The lowest BCUT2D eigenvalue weighted by Crippen LogP contribution is -2.47. The molecule has 1 fully saturated rings. The van der Waals surface area contributed by atoms with Crippen molar-refractivity contribution in [1.29, 1.82) is 0 Å². The van der Waals surface area contributed by atoms with Gasteiger partial charge in [-0.2, -0.15) is 4.98 Å². The summed E-state index contributed by atoms with van der Waals surface area (Å²) < 4.78 is 0.